The fourth-order valence-corrected chi connectivity index (χ4v) is 2.80. The van der Waals surface area contributed by atoms with Gasteiger partial charge in [0.25, 0.3) is 0 Å². The first-order valence-electron chi connectivity index (χ1n) is 6.64. The molecule has 0 saturated carbocycles. The van der Waals surface area contributed by atoms with Crippen molar-refractivity contribution in [2.75, 3.05) is 14.2 Å². The van der Waals surface area contributed by atoms with Crippen molar-refractivity contribution in [3.63, 3.8) is 0 Å². The summed E-state index contributed by atoms with van der Waals surface area (Å²) in [6.45, 7) is 4.00. The average molecular weight is 307 g/mol. The molecule has 3 nitrogen and oxygen atoms in total. The molecular formula is C17H19ClO3. The lowest BCUT2D eigenvalue weighted by atomic mass is 9.97. The summed E-state index contributed by atoms with van der Waals surface area (Å²) in [5.74, 6) is 0.971. The molecule has 1 unspecified atom stereocenters. The van der Waals surface area contributed by atoms with E-state index in [1.54, 1.807) is 19.2 Å². The maximum atomic E-state index is 10.6. The van der Waals surface area contributed by atoms with Crippen molar-refractivity contribution < 1.29 is 14.6 Å². The average Bonchev–Trinajstić information content (AvgIpc) is 2.45. The Morgan fingerprint density at radius 3 is 2.14 bits per heavy atom. The van der Waals surface area contributed by atoms with Crippen molar-refractivity contribution in [1.82, 2.24) is 0 Å². The number of ether oxygens (including phenoxy) is 2. The topological polar surface area (TPSA) is 38.7 Å². The number of hydrogen-bond donors (Lipinski definition) is 1. The first-order valence-corrected chi connectivity index (χ1v) is 7.02. The molecule has 0 amide bonds. The van der Waals surface area contributed by atoms with Crippen molar-refractivity contribution in [3.05, 3.63) is 57.6 Å². The summed E-state index contributed by atoms with van der Waals surface area (Å²) in [6.07, 6.45) is -0.809. The molecule has 0 fully saturated rings. The van der Waals surface area contributed by atoms with Gasteiger partial charge < -0.3 is 14.6 Å². The van der Waals surface area contributed by atoms with Crippen LogP contribution in [0.1, 0.15) is 28.4 Å². The summed E-state index contributed by atoms with van der Waals surface area (Å²) in [7, 11) is 3.07. The SMILES string of the molecule is COc1ccc(C(O)c2cc(C)cc(C)c2)c(Cl)c1OC. The molecule has 0 bridgehead atoms. The third-order valence-corrected chi connectivity index (χ3v) is 3.76. The summed E-state index contributed by atoms with van der Waals surface area (Å²) in [4.78, 5) is 0. The Morgan fingerprint density at radius 1 is 1.00 bits per heavy atom. The predicted octanol–water partition coefficient (Wildman–Crippen LogP) is 4.06. The van der Waals surface area contributed by atoms with E-state index < -0.39 is 6.10 Å². The Morgan fingerprint density at radius 2 is 1.62 bits per heavy atom. The van der Waals surface area contributed by atoms with Crippen LogP contribution in [0, 0.1) is 13.8 Å². The minimum Gasteiger partial charge on any atom is -0.493 e. The van der Waals surface area contributed by atoms with Gasteiger partial charge in [0.2, 0.25) is 0 Å². The van der Waals surface area contributed by atoms with E-state index in [1.165, 1.54) is 7.11 Å². The summed E-state index contributed by atoms with van der Waals surface area (Å²) in [5.41, 5.74) is 3.60. The Hall–Kier alpha value is -1.71. The zero-order valence-corrected chi connectivity index (χ0v) is 13.4. The van der Waals surface area contributed by atoms with E-state index in [9.17, 15) is 5.11 Å². The van der Waals surface area contributed by atoms with Crippen LogP contribution in [0.15, 0.2) is 30.3 Å². The van der Waals surface area contributed by atoms with Gasteiger partial charge in [-0.25, -0.2) is 0 Å². The molecule has 112 valence electrons. The standard InChI is InChI=1S/C17H19ClO3/c1-10-7-11(2)9-12(8-10)16(19)13-5-6-14(20-3)17(21-4)15(13)18/h5-9,16,19H,1-4H3. The number of methoxy groups -OCH3 is 2. The van der Waals surface area contributed by atoms with E-state index in [2.05, 4.69) is 6.07 Å². The molecular weight excluding hydrogens is 288 g/mol. The fourth-order valence-electron chi connectivity index (χ4n) is 2.46. The Labute approximate surface area is 130 Å². The lowest BCUT2D eigenvalue weighted by Gasteiger charge is -2.18. The maximum Gasteiger partial charge on any atom is 0.179 e. The minimum atomic E-state index is -0.809. The summed E-state index contributed by atoms with van der Waals surface area (Å²) < 4.78 is 10.5. The number of hydrogen-bond acceptors (Lipinski definition) is 3. The smallest absolute Gasteiger partial charge is 0.179 e. The number of aliphatic hydroxyl groups is 1. The van der Waals surface area contributed by atoms with Gasteiger partial charge in [-0.2, -0.15) is 0 Å². The van der Waals surface area contributed by atoms with Gasteiger partial charge in [0.1, 0.15) is 6.10 Å². The molecule has 0 saturated heterocycles. The van der Waals surface area contributed by atoms with Crippen LogP contribution < -0.4 is 9.47 Å². The van der Waals surface area contributed by atoms with Crippen molar-refractivity contribution >= 4 is 11.6 Å². The van der Waals surface area contributed by atoms with E-state index in [-0.39, 0.29) is 0 Å². The van der Waals surface area contributed by atoms with Gasteiger partial charge in [0.15, 0.2) is 11.5 Å². The third-order valence-electron chi connectivity index (χ3n) is 3.37. The predicted molar refractivity (Wildman–Crippen MR) is 84.5 cm³/mol. The molecule has 2 aromatic carbocycles. The lowest BCUT2D eigenvalue weighted by molar-refractivity contribution is 0.219. The van der Waals surface area contributed by atoms with Gasteiger partial charge in [-0.15, -0.1) is 0 Å². The van der Waals surface area contributed by atoms with Gasteiger partial charge in [-0.05, 0) is 25.5 Å². The fraction of sp³-hybridized carbons (Fsp3) is 0.294. The van der Waals surface area contributed by atoms with E-state index in [1.807, 2.05) is 26.0 Å². The number of benzene rings is 2. The molecule has 2 aromatic rings. The van der Waals surface area contributed by atoms with Crippen LogP contribution in [-0.4, -0.2) is 19.3 Å². The molecule has 0 heterocycles. The van der Waals surface area contributed by atoms with Crippen molar-refractivity contribution in [2.45, 2.75) is 20.0 Å². The van der Waals surface area contributed by atoms with Gasteiger partial charge >= 0.3 is 0 Å². The second kappa shape index (κ2) is 6.37. The van der Waals surface area contributed by atoms with Crippen LogP contribution in [0.3, 0.4) is 0 Å². The Balaban J connectivity index is 2.50. The normalized spacial score (nSPS) is 12.1. The number of halogens is 1. The molecule has 0 aliphatic carbocycles. The molecule has 21 heavy (non-hydrogen) atoms. The highest BCUT2D eigenvalue weighted by Gasteiger charge is 2.20. The zero-order chi connectivity index (χ0) is 15.6. The van der Waals surface area contributed by atoms with Gasteiger partial charge in [-0.1, -0.05) is 47.0 Å². The van der Waals surface area contributed by atoms with Crippen molar-refractivity contribution in [2.24, 2.45) is 0 Å². The molecule has 0 aliphatic rings. The molecule has 1 atom stereocenters. The van der Waals surface area contributed by atoms with E-state index in [0.29, 0.717) is 22.1 Å². The van der Waals surface area contributed by atoms with E-state index >= 15 is 0 Å². The molecule has 1 N–H and O–H groups in total. The van der Waals surface area contributed by atoms with Gasteiger partial charge in [0, 0.05) is 5.56 Å². The number of rotatable bonds is 4. The van der Waals surface area contributed by atoms with Gasteiger partial charge in [0.05, 0.1) is 19.2 Å². The largest absolute Gasteiger partial charge is 0.493 e. The zero-order valence-electron chi connectivity index (χ0n) is 12.6. The van der Waals surface area contributed by atoms with Crippen LogP contribution in [-0.2, 0) is 0 Å². The Bertz CT molecular complexity index is 632. The van der Waals surface area contributed by atoms with Crippen molar-refractivity contribution in [1.29, 1.82) is 0 Å². The number of aliphatic hydroxyl groups excluding tert-OH is 1. The van der Waals surface area contributed by atoms with Crippen molar-refractivity contribution in [3.8, 4) is 11.5 Å². The van der Waals surface area contributed by atoms with Crippen LogP contribution in [0.25, 0.3) is 0 Å². The summed E-state index contributed by atoms with van der Waals surface area (Å²) in [5, 5.41) is 11.0. The minimum absolute atomic E-state index is 0.364. The van der Waals surface area contributed by atoms with Crippen LogP contribution in [0.5, 0.6) is 11.5 Å². The monoisotopic (exact) mass is 306 g/mol. The summed E-state index contributed by atoms with van der Waals surface area (Å²) in [6, 6.07) is 9.46. The molecule has 4 heteroatoms. The summed E-state index contributed by atoms with van der Waals surface area (Å²) >= 11 is 6.35. The van der Waals surface area contributed by atoms with E-state index in [4.69, 9.17) is 21.1 Å². The van der Waals surface area contributed by atoms with Crippen LogP contribution in [0.4, 0.5) is 0 Å². The second-order valence-electron chi connectivity index (χ2n) is 5.03. The lowest BCUT2D eigenvalue weighted by Crippen LogP contribution is -2.03. The van der Waals surface area contributed by atoms with Crippen LogP contribution in [0.2, 0.25) is 5.02 Å². The third kappa shape index (κ3) is 3.14. The van der Waals surface area contributed by atoms with E-state index in [0.717, 1.165) is 16.7 Å². The second-order valence-corrected chi connectivity index (χ2v) is 5.41. The first kappa shape index (κ1) is 15.7. The molecule has 2 rings (SSSR count). The Kier molecular flexibility index (Phi) is 4.76. The molecule has 0 aliphatic heterocycles. The highest BCUT2D eigenvalue weighted by Crippen LogP contribution is 2.41. The molecule has 0 aromatic heterocycles. The first-order chi connectivity index (χ1) is 9.97. The highest BCUT2D eigenvalue weighted by atomic mass is 35.5. The molecule has 0 spiro atoms. The highest BCUT2D eigenvalue weighted by molar-refractivity contribution is 6.33. The van der Waals surface area contributed by atoms with Crippen LogP contribution >= 0.6 is 11.6 Å². The molecule has 0 radical (unpaired) electrons. The quantitative estimate of drug-likeness (QED) is 0.926. The van der Waals surface area contributed by atoms with Gasteiger partial charge in [-0.3, -0.25) is 0 Å². The maximum absolute atomic E-state index is 10.6. The number of aryl methyl sites for hydroxylation is 2.